The van der Waals surface area contributed by atoms with Crippen LogP contribution in [0, 0.1) is 0 Å². The van der Waals surface area contributed by atoms with Gasteiger partial charge in [0.1, 0.15) is 11.7 Å². The molecule has 0 aromatic carbocycles. The van der Waals surface area contributed by atoms with E-state index in [1.165, 1.54) is 0 Å². The Labute approximate surface area is 119 Å². The van der Waals surface area contributed by atoms with Crippen molar-refractivity contribution >= 4 is 6.09 Å². The summed E-state index contributed by atoms with van der Waals surface area (Å²) < 4.78 is 11.1. The van der Waals surface area contributed by atoms with Crippen molar-refractivity contribution in [1.29, 1.82) is 0 Å². The molecule has 2 rings (SSSR count). The van der Waals surface area contributed by atoms with E-state index in [0.717, 1.165) is 12.8 Å². The van der Waals surface area contributed by atoms with Crippen molar-refractivity contribution in [3.05, 3.63) is 18.3 Å². The molecule has 1 saturated heterocycles. The summed E-state index contributed by atoms with van der Waals surface area (Å²) in [7, 11) is 0. The zero-order valence-electron chi connectivity index (χ0n) is 12.2. The molecular formula is C14H21N3O3. The molecule has 0 spiro atoms. The van der Waals surface area contributed by atoms with Crippen LogP contribution in [0.15, 0.2) is 18.3 Å². The van der Waals surface area contributed by atoms with Crippen LogP contribution in [0.2, 0.25) is 0 Å². The van der Waals surface area contributed by atoms with Crippen molar-refractivity contribution < 1.29 is 14.3 Å². The minimum atomic E-state index is -0.476. The highest BCUT2D eigenvalue weighted by molar-refractivity contribution is 5.68. The average Bonchev–Trinajstić information content (AvgIpc) is 2.38. The van der Waals surface area contributed by atoms with Gasteiger partial charge in [-0.1, -0.05) is 0 Å². The lowest BCUT2D eigenvalue weighted by Gasteiger charge is -2.33. The Bertz CT molecular complexity index is 445. The number of hydrogen-bond acceptors (Lipinski definition) is 5. The molecule has 20 heavy (non-hydrogen) atoms. The first-order valence-corrected chi connectivity index (χ1v) is 6.86. The minimum absolute atomic E-state index is 0.0621. The van der Waals surface area contributed by atoms with Gasteiger partial charge in [0.25, 0.3) is 0 Å². The smallest absolute Gasteiger partial charge is 0.410 e. The van der Waals surface area contributed by atoms with Crippen LogP contribution in [0.5, 0.6) is 5.88 Å². The van der Waals surface area contributed by atoms with Crippen molar-refractivity contribution in [2.75, 3.05) is 13.1 Å². The Hall–Kier alpha value is -1.85. The highest BCUT2D eigenvalue weighted by Crippen LogP contribution is 2.18. The molecule has 1 aromatic rings. The fourth-order valence-electron chi connectivity index (χ4n) is 2.05. The zero-order valence-corrected chi connectivity index (χ0v) is 12.2. The number of rotatable bonds is 2. The topological polar surface area (TPSA) is 64.5 Å². The Morgan fingerprint density at radius 1 is 1.45 bits per heavy atom. The molecule has 2 heterocycles. The highest BCUT2D eigenvalue weighted by atomic mass is 16.6. The predicted octanol–water partition coefficient (Wildman–Crippen LogP) is 2.25. The Morgan fingerprint density at radius 3 is 2.90 bits per heavy atom. The summed E-state index contributed by atoms with van der Waals surface area (Å²) >= 11 is 0. The van der Waals surface area contributed by atoms with Crippen LogP contribution in [-0.2, 0) is 4.74 Å². The number of aromatic nitrogens is 2. The number of carbonyl (C=O) groups excluding carboxylic acids is 1. The third-order valence-electron chi connectivity index (χ3n) is 2.87. The highest BCUT2D eigenvalue weighted by Gasteiger charge is 2.28. The molecule has 1 aliphatic heterocycles. The molecule has 0 N–H and O–H groups in total. The number of piperidine rings is 1. The van der Waals surface area contributed by atoms with E-state index in [4.69, 9.17) is 9.47 Å². The number of carbonyl (C=O) groups is 1. The second-order valence-electron chi connectivity index (χ2n) is 5.87. The summed E-state index contributed by atoms with van der Waals surface area (Å²) in [4.78, 5) is 13.7. The Balaban J connectivity index is 1.90. The molecule has 110 valence electrons. The van der Waals surface area contributed by atoms with Gasteiger partial charge in [0.15, 0.2) is 0 Å². The molecule has 1 fully saturated rings. The molecule has 1 aromatic heterocycles. The molecule has 0 saturated carbocycles. The van der Waals surface area contributed by atoms with E-state index in [1.54, 1.807) is 23.2 Å². The molecule has 0 radical (unpaired) electrons. The van der Waals surface area contributed by atoms with Gasteiger partial charge < -0.3 is 14.4 Å². The normalized spacial score (nSPS) is 19.6. The third-order valence-corrected chi connectivity index (χ3v) is 2.87. The molecule has 6 heteroatoms. The third kappa shape index (κ3) is 4.36. The van der Waals surface area contributed by atoms with Gasteiger partial charge in [-0.2, -0.15) is 5.10 Å². The van der Waals surface area contributed by atoms with Gasteiger partial charge in [-0.05, 0) is 39.7 Å². The van der Waals surface area contributed by atoms with Crippen LogP contribution in [0.1, 0.15) is 33.6 Å². The van der Waals surface area contributed by atoms with E-state index in [2.05, 4.69) is 10.2 Å². The molecule has 1 amide bonds. The molecule has 1 unspecified atom stereocenters. The average molecular weight is 279 g/mol. The first-order chi connectivity index (χ1) is 9.44. The van der Waals surface area contributed by atoms with E-state index in [0.29, 0.717) is 19.0 Å². The summed E-state index contributed by atoms with van der Waals surface area (Å²) in [5.41, 5.74) is -0.476. The van der Waals surface area contributed by atoms with Crippen LogP contribution >= 0.6 is 0 Å². The summed E-state index contributed by atoms with van der Waals surface area (Å²) in [6.45, 7) is 6.81. The summed E-state index contributed by atoms with van der Waals surface area (Å²) in [5.74, 6) is 0.489. The molecule has 6 nitrogen and oxygen atoms in total. The minimum Gasteiger partial charge on any atom is -0.471 e. The summed E-state index contributed by atoms with van der Waals surface area (Å²) in [5, 5.41) is 7.67. The summed E-state index contributed by atoms with van der Waals surface area (Å²) in [6, 6.07) is 3.54. The second-order valence-corrected chi connectivity index (χ2v) is 5.87. The number of hydrogen-bond donors (Lipinski definition) is 0. The van der Waals surface area contributed by atoms with Gasteiger partial charge >= 0.3 is 6.09 Å². The van der Waals surface area contributed by atoms with Gasteiger partial charge in [0.05, 0.1) is 6.54 Å². The lowest BCUT2D eigenvalue weighted by molar-refractivity contribution is 0.00711. The maximum atomic E-state index is 12.0. The number of nitrogens with zero attached hydrogens (tertiary/aromatic N) is 3. The van der Waals surface area contributed by atoms with Crippen molar-refractivity contribution in [3.8, 4) is 5.88 Å². The Morgan fingerprint density at radius 2 is 2.25 bits per heavy atom. The molecular weight excluding hydrogens is 258 g/mol. The van der Waals surface area contributed by atoms with E-state index < -0.39 is 5.60 Å². The van der Waals surface area contributed by atoms with Gasteiger partial charge in [-0.15, -0.1) is 5.10 Å². The van der Waals surface area contributed by atoms with Crippen molar-refractivity contribution in [2.45, 2.75) is 45.3 Å². The van der Waals surface area contributed by atoms with Gasteiger partial charge in [0.2, 0.25) is 5.88 Å². The van der Waals surface area contributed by atoms with Crippen molar-refractivity contribution in [2.24, 2.45) is 0 Å². The quantitative estimate of drug-likeness (QED) is 0.830. The molecule has 0 bridgehead atoms. The van der Waals surface area contributed by atoms with E-state index in [-0.39, 0.29) is 12.2 Å². The van der Waals surface area contributed by atoms with E-state index in [9.17, 15) is 4.79 Å². The number of likely N-dealkylation sites (tertiary alicyclic amines) is 1. The predicted molar refractivity (Wildman–Crippen MR) is 73.5 cm³/mol. The van der Waals surface area contributed by atoms with Gasteiger partial charge in [-0.3, -0.25) is 0 Å². The maximum Gasteiger partial charge on any atom is 0.410 e. The maximum absolute atomic E-state index is 12.0. The Kier molecular flexibility index (Phi) is 4.42. The van der Waals surface area contributed by atoms with Gasteiger partial charge in [-0.25, -0.2) is 4.79 Å². The van der Waals surface area contributed by atoms with Gasteiger partial charge in [0, 0.05) is 18.8 Å². The van der Waals surface area contributed by atoms with Crippen molar-refractivity contribution in [3.63, 3.8) is 0 Å². The molecule has 0 aliphatic carbocycles. The van der Waals surface area contributed by atoms with Crippen LogP contribution < -0.4 is 4.74 Å². The standard InChI is InChI=1S/C14H21N3O3/c1-14(2,3)20-13(18)17-9-5-6-11(10-17)19-12-7-4-8-15-16-12/h4,7-8,11H,5-6,9-10H2,1-3H3. The first kappa shape index (κ1) is 14.6. The first-order valence-electron chi connectivity index (χ1n) is 6.86. The number of amides is 1. The zero-order chi connectivity index (χ0) is 14.6. The molecule has 1 atom stereocenters. The van der Waals surface area contributed by atoms with Crippen LogP contribution in [0.25, 0.3) is 0 Å². The molecule has 1 aliphatic rings. The second kappa shape index (κ2) is 6.07. The monoisotopic (exact) mass is 279 g/mol. The van der Waals surface area contributed by atoms with E-state index >= 15 is 0 Å². The largest absolute Gasteiger partial charge is 0.471 e. The number of ether oxygens (including phenoxy) is 2. The lowest BCUT2D eigenvalue weighted by Crippen LogP contribution is -2.46. The van der Waals surface area contributed by atoms with Crippen molar-refractivity contribution in [1.82, 2.24) is 15.1 Å². The fourth-order valence-corrected chi connectivity index (χ4v) is 2.05. The van der Waals surface area contributed by atoms with E-state index in [1.807, 2.05) is 20.8 Å². The van der Waals surface area contributed by atoms with Crippen LogP contribution in [-0.4, -0.2) is 46.0 Å². The SMILES string of the molecule is CC(C)(C)OC(=O)N1CCCC(Oc2cccnn2)C1. The fraction of sp³-hybridized carbons (Fsp3) is 0.643. The summed E-state index contributed by atoms with van der Waals surface area (Å²) in [6.07, 6.45) is 3.04. The van der Waals surface area contributed by atoms with Crippen LogP contribution in [0.4, 0.5) is 4.79 Å². The van der Waals surface area contributed by atoms with Crippen LogP contribution in [0.3, 0.4) is 0 Å². The lowest BCUT2D eigenvalue weighted by atomic mass is 10.1.